The highest BCUT2D eigenvalue weighted by molar-refractivity contribution is 6.34. The van der Waals surface area contributed by atoms with Gasteiger partial charge in [-0.3, -0.25) is 14.9 Å². The summed E-state index contributed by atoms with van der Waals surface area (Å²) in [6, 6.07) is 10.1. The third-order valence-corrected chi connectivity index (χ3v) is 3.09. The molecule has 0 aliphatic rings. The standard InChI is InChI=1S/C14H11ClN2O4/c1-21-11-6-7-12(15)13(8-11)16-14(18)9-2-4-10(5-3-9)17(19)20/h2-8H,1H3,(H,16,18). The Morgan fingerprint density at radius 2 is 1.90 bits per heavy atom. The van der Waals surface area contributed by atoms with E-state index in [9.17, 15) is 14.9 Å². The summed E-state index contributed by atoms with van der Waals surface area (Å²) in [7, 11) is 1.51. The topological polar surface area (TPSA) is 81.5 Å². The summed E-state index contributed by atoms with van der Waals surface area (Å²) in [4.78, 5) is 22.1. The first-order chi connectivity index (χ1) is 10.0. The van der Waals surface area contributed by atoms with Gasteiger partial charge in [0.05, 0.1) is 22.7 Å². The second-order valence-electron chi connectivity index (χ2n) is 4.10. The van der Waals surface area contributed by atoms with Crippen LogP contribution in [0.4, 0.5) is 11.4 Å². The van der Waals surface area contributed by atoms with Gasteiger partial charge in [0, 0.05) is 23.8 Å². The number of benzene rings is 2. The van der Waals surface area contributed by atoms with Crippen molar-refractivity contribution in [1.29, 1.82) is 0 Å². The molecule has 0 aliphatic carbocycles. The van der Waals surface area contributed by atoms with Gasteiger partial charge in [-0.05, 0) is 24.3 Å². The number of nitro groups is 1. The molecule has 6 nitrogen and oxygen atoms in total. The van der Waals surface area contributed by atoms with Crippen LogP contribution in [0.1, 0.15) is 10.4 Å². The van der Waals surface area contributed by atoms with Gasteiger partial charge in [-0.1, -0.05) is 11.6 Å². The zero-order valence-electron chi connectivity index (χ0n) is 11.0. The van der Waals surface area contributed by atoms with Crippen molar-refractivity contribution in [2.24, 2.45) is 0 Å². The lowest BCUT2D eigenvalue weighted by Crippen LogP contribution is -2.12. The quantitative estimate of drug-likeness (QED) is 0.692. The van der Waals surface area contributed by atoms with Gasteiger partial charge in [0.25, 0.3) is 11.6 Å². The summed E-state index contributed by atoms with van der Waals surface area (Å²) in [5.74, 6) is 0.137. The number of anilines is 1. The maximum Gasteiger partial charge on any atom is 0.269 e. The summed E-state index contributed by atoms with van der Waals surface area (Å²) >= 11 is 5.99. The first-order valence-corrected chi connectivity index (χ1v) is 6.28. The van der Waals surface area contributed by atoms with E-state index in [0.717, 1.165) is 0 Å². The van der Waals surface area contributed by atoms with Crippen molar-refractivity contribution in [2.75, 3.05) is 12.4 Å². The number of nitro benzene ring substituents is 1. The lowest BCUT2D eigenvalue weighted by Gasteiger charge is -2.09. The fourth-order valence-electron chi connectivity index (χ4n) is 1.66. The van der Waals surface area contributed by atoms with Crippen molar-refractivity contribution in [3.8, 4) is 5.75 Å². The van der Waals surface area contributed by atoms with Gasteiger partial charge in [0.1, 0.15) is 5.75 Å². The SMILES string of the molecule is COc1ccc(Cl)c(NC(=O)c2ccc([N+](=O)[O-])cc2)c1. The minimum Gasteiger partial charge on any atom is -0.497 e. The van der Waals surface area contributed by atoms with Crippen LogP contribution in [0.3, 0.4) is 0 Å². The maximum absolute atomic E-state index is 12.1. The first-order valence-electron chi connectivity index (χ1n) is 5.90. The highest BCUT2D eigenvalue weighted by atomic mass is 35.5. The normalized spacial score (nSPS) is 10.0. The summed E-state index contributed by atoms with van der Waals surface area (Å²) in [5.41, 5.74) is 0.616. The number of hydrogen-bond acceptors (Lipinski definition) is 4. The number of non-ortho nitro benzene ring substituents is 1. The van der Waals surface area contributed by atoms with Gasteiger partial charge in [0.15, 0.2) is 0 Å². The molecule has 0 heterocycles. The summed E-state index contributed by atoms with van der Waals surface area (Å²) in [5, 5.41) is 13.6. The Kier molecular flexibility index (Phi) is 4.39. The Hall–Kier alpha value is -2.60. The molecule has 108 valence electrons. The van der Waals surface area contributed by atoms with Crippen LogP contribution in [0.15, 0.2) is 42.5 Å². The predicted octanol–water partition coefficient (Wildman–Crippen LogP) is 3.51. The average Bonchev–Trinajstić information content (AvgIpc) is 2.49. The molecule has 0 aliphatic heterocycles. The molecule has 0 atom stereocenters. The maximum atomic E-state index is 12.1. The van der Waals surface area contributed by atoms with E-state index in [4.69, 9.17) is 16.3 Å². The van der Waals surface area contributed by atoms with Crippen molar-refractivity contribution in [2.45, 2.75) is 0 Å². The molecule has 2 aromatic carbocycles. The van der Waals surface area contributed by atoms with E-state index in [0.29, 0.717) is 22.0 Å². The molecule has 1 N–H and O–H groups in total. The highest BCUT2D eigenvalue weighted by Crippen LogP contribution is 2.27. The van der Waals surface area contributed by atoms with Crippen LogP contribution >= 0.6 is 11.6 Å². The first kappa shape index (κ1) is 14.8. The van der Waals surface area contributed by atoms with E-state index < -0.39 is 10.8 Å². The molecule has 0 unspecified atom stereocenters. The van der Waals surface area contributed by atoms with Crippen LogP contribution in [0.25, 0.3) is 0 Å². The van der Waals surface area contributed by atoms with Gasteiger partial charge in [-0.25, -0.2) is 0 Å². The zero-order valence-corrected chi connectivity index (χ0v) is 11.8. The molecule has 0 saturated carbocycles. The number of methoxy groups -OCH3 is 1. The summed E-state index contributed by atoms with van der Waals surface area (Å²) < 4.78 is 5.05. The fourth-order valence-corrected chi connectivity index (χ4v) is 1.82. The minimum atomic E-state index is -0.527. The van der Waals surface area contributed by atoms with Gasteiger partial charge >= 0.3 is 0 Å². The van der Waals surface area contributed by atoms with Crippen molar-refractivity contribution < 1.29 is 14.5 Å². The van der Waals surface area contributed by atoms with Gasteiger partial charge in [-0.15, -0.1) is 0 Å². The van der Waals surface area contributed by atoms with Crippen LogP contribution in [-0.2, 0) is 0 Å². The molecule has 0 spiro atoms. The van der Waals surface area contributed by atoms with Crippen molar-refractivity contribution in [3.63, 3.8) is 0 Å². The molecular weight excluding hydrogens is 296 g/mol. The lowest BCUT2D eigenvalue weighted by atomic mass is 10.2. The average molecular weight is 307 g/mol. The van der Waals surface area contributed by atoms with Crippen molar-refractivity contribution in [1.82, 2.24) is 0 Å². The largest absolute Gasteiger partial charge is 0.497 e. The van der Waals surface area contributed by atoms with Gasteiger partial charge < -0.3 is 10.1 Å². The van der Waals surface area contributed by atoms with E-state index >= 15 is 0 Å². The molecule has 0 saturated heterocycles. The number of rotatable bonds is 4. The third-order valence-electron chi connectivity index (χ3n) is 2.76. The Balaban J connectivity index is 2.19. The number of ether oxygens (including phenoxy) is 1. The van der Waals surface area contributed by atoms with Crippen molar-refractivity contribution >= 4 is 28.9 Å². The zero-order chi connectivity index (χ0) is 15.4. The second kappa shape index (κ2) is 6.23. The molecule has 0 bridgehead atoms. The monoisotopic (exact) mass is 306 g/mol. The fraction of sp³-hybridized carbons (Fsp3) is 0.0714. The van der Waals surface area contributed by atoms with E-state index in [1.54, 1.807) is 18.2 Å². The van der Waals surface area contributed by atoms with Crippen LogP contribution in [0, 0.1) is 10.1 Å². The number of nitrogens with one attached hydrogen (secondary N) is 1. The Morgan fingerprint density at radius 3 is 2.48 bits per heavy atom. The van der Waals surface area contributed by atoms with Crippen LogP contribution in [-0.4, -0.2) is 17.9 Å². The van der Waals surface area contributed by atoms with Gasteiger partial charge in [-0.2, -0.15) is 0 Å². The molecule has 2 rings (SSSR count). The second-order valence-corrected chi connectivity index (χ2v) is 4.51. The molecule has 0 radical (unpaired) electrons. The number of carbonyl (C=O) groups is 1. The van der Waals surface area contributed by atoms with Crippen LogP contribution in [0.2, 0.25) is 5.02 Å². The summed E-state index contributed by atoms with van der Waals surface area (Å²) in [6.45, 7) is 0. The number of nitrogens with zero attached hydrogens (tertiary/aromatic N) is 1. The molecule has 21 heavy (non-hydrogen) atoms. The van der Waals surface area contributed by atoms with E-state index in [1.807, 2.05) is 0 Å². The van der Waals surface area contributed by atoms with Gasteiger partial charge in [0.2, 0.25) is 0 Å². The molecule has 2 aromatic rings. The van der Waals surface area contributed by atoms with E-state index in [1.165, 1.54) is 31.4 Å². The lowest BCUT2D eigenvalue weighted by molar-refractivity contribution is -0.384. The number of amides is 1. The molecule has 0 aromatic heterocycles. The number of hydrogen-bond donors (Lipinski definition) is 1. The van der Waals surface area contributed by atoms with E-state index in [2.05, 4.69) is 5.32 Å². The summed E-state index contributed by atoms with van der Waals surface area (Å²) in [6.07, 6.45) is 0. The van der Waals surface area contributed by atoms with Crippen molar-refractivity contribution in [3.05, 3.63) is 63.2 Å². The highest BCUT2D eigenvalue weighted by Gasteiger charge is 2.11. The molecule has 7 heteroatoms. The minimum absolute atomic E-state index is 0.0778. The number of halogens is 1. The molecular formula is C14H11ClN2O4. The molecule has 0 fully saturated rings. The third kappa shape index (κ3) is 3.49. The van der Waals surface area contributed by atoms with E-state index in [-0.39, 0.29) is 5.69 Å². The Labute approximate surface area is 125 Å². The predicted molar refractivity (Wildman–Crippen MR) is 79.1 cm³/mol. The Bertz CT molecular complexity index is 686. The van der Waals surface area contributed by atoms with Crippen LogP contribution in [0.5, 0.6) is 5.75 Å². The number of carbonyl (C=O) groups excluding carboxylic acids is 1. The van der Waals surface area contributed by atoms with Crippen LogP contribution < -0.4 is 10.1 Å². The smallest absolute Gasteiger partial charge is 0.269 e. The molecule has 1 amide bonds. The Morgan fingerprint density at radius 1 is 1.24 bits per heavy atom.